The molecular weight excluding hydrogens is 602 g/mol. The molecule has 1 aromatic rings. The molecule has 0 radical (unpaired) electrons. The second-order valence-electron chi connectivity index (χ2n) is 9.04. The van der Waals surface area contributed by atoms with Crippen LogP contribution in [-0.4, -0.2) is 67.8 Å². The minimum atomic E-state index is -1.93. The lowest BCUT2D eigenvalue weighted by atomic mass is 9.56. The van der Waals surface area contributed by atoms with Crippen molar-refractivity contribution in [3.8, 4) is 11.5 Å². The van der Waals surface area contributed by atoms with Crippen LogP contribution in [0.5, 0.6) is 11.5 Å². The molecule has 0 spiro atoms. The second-order valence-corrected chi connectivity index (χ2v) is 11.4. The van der Waals surface area contributed by atoms with E-state index < -0.39 is 57.0 Å². The van der Waals surface area contributed by atoms with Crippen LogP contribution < -0.4 is 4.74 Å². The van der Waals surface area contributed by atoms with Crippen LogP contribution in [0.2, 0.25) is 0 Å². The average Bonchev–Trinajstić information content (AvgIpc) is 3.10. The van der Waals surface area contributed by atoms with Crippen molar-refractivity contribution in [3.63, 3.8) is 0 Å². The van der Waals surface area contributed by atoms with Gasteiger partial charge in [-0.2, -0.15) is 5.06 Å². The molecule has 1 aromatic carbocycles. The lowest BCUT2D eigenvalue weighted by Crippen LogP contribution is -2.60. The van der Waals surface area contributed by atoms with E-state index in [1.54, 1.807) is 12.1 Å². The molecule has 34 heavy (non-hydrogen) atoms. The van der Waals surface area contributed by atoms with Gasteiger partial charge < -0.3 is 9.84 Å². The molecule has 12 heteroatoms. The molecule has 5 rings (SSSR count). The van der Waals surface area contributed by atoms with E-state index in [1.807, 2.05) is 22.6 Å². The second kappa shape index (κ2) is 7.55. The van der Waals surface area contributed by atoms with Crippen molar-refractivity contribution in [2.24, 2.45) is 17.8 Å². The van der Waals surface area contributed by atoms with Crippen molar-refractivity contribution < 1.29 is 34.2 Å². The zero-order valence-electron chi connectivity index (χ0n) is 17.9. The number of nitrogens with zero attached hydrogens (tertiary/aromatic N) is 2. The van der Waals surface area contributed by atoms with Crippen molar-refractivity contribution in [2.75, 3.05) is 14.2 Å². The molecule has 4 aliphatic rings. The Kier molecular flexibility index (Phi) is 5.29. The van der Waals surface area contributed by atoms with Crippen molar-refractivity contribution in [1.29, 1.82) is 0 Å². The van der Waals surface area contributed by atoms with Gasteiger partial charge in [0.15, 0.2) is 21.2 Å². The van der Waals surface area contributed by atoms with Gasteiger partial charge in [-0.3, -0.25) is 29.3 Å². The number of alkyl halides is 2. The Hall–Kier alpha value is -1.89. The summed E-state index contributed by atoms with van der Waals surface area (Å²) in [7, 11) is 2.68. The summed E-state index contributed by atoms with van der Waals surface area (Å²) < 4.78 is 5.71. The van der Waals surface area contributed by atoms with Gasteiger partial charge in [-0.25, -0.2) is 0 Å². The number of hydrogen-bond donors (Lipinski definition) is 2. The van der Waals surface area contributed by atoms with Crippen LogP contribution in [0.15, 0.2) is 23.8 Å². The molecule has 0 bridgehead atoms. The van der Waals surface area contributed by atoms with E-state index in [4.69, 9.17) is 27.9 Å². The summed E-state index contributed by atoms with van der Waals surface area (Å²) in [6.07, 6.45) is 1.75. The van der Waals surface area contributed by atoms with Gasteiger partial charge in [-0.05, 0) is 59.0 Å². The molecular formula is C22H19Cl2IN2O7. The number of allylic oxidation sites excluding steroid dienone is 2. The third-order valence-corrected chi connectivity index (χ3v) is 9.83. The number of aromatic hydroxyl groups is 1. The van der Waals surface area contributed by atoms with Crippen LogP contribution in [0.3, 0.4) is 0 Å². The fourth-order valence-corrected chi connectivity index (χ4v) is 7.66. The summed E-state index contributed by atoms with van der Waals surface area (Å²) >= 11 is 16.0. The first-order valence-corrected chi connectivity index (χ1v) is 12.3. The molecule has 4 amide bonds. The lowest BCUT2D eigenvalue weighted by Gasteiger charge is -2.50. The number of phenolic OH excluding ortho intramolecular Hbond substituents is 1. The summed E-state index contributed by atoms with van der Waals surface area (Å²) in [5.74, 6) is -6.24. The zero-order chi connectivity index (χ0) is 24.9. The van der Waals surface area contributed by atoms with Gasteiger partial charge in [0.05, 0.1) is 22.5 Å². The number of phenols is 1. The normalized spacial score (nSPS) is 36.9. The van der Waals surface area contributed by atoms with Crippen LogP contribution in [0.4, 0.5) is 0 Å². The molecule has 2 saturated heterocycles. The van der Waals surface area contributed by atoms with Gasteiger partial charge >= 0.3 is 0 Å². The number of methoxy groups -OCH3 is 1. The quantitative estimate of drug-likeness (QED) is 0.171. The maximum atomic E-state index is 13.4. The average molecular weight is 621 g/mol. The predicted octanol–water partition coefficient (Wildman–Crippen LogP) is 2.38. The molecule has 2 heterocycles. The number of rotatable bonds is 2. The number of halogens is 3. The number of hydroxylamine groups is 2. The van der Waals surface area contributed by atoms with E-state index >= 15 is 0 Å². The van der Waals surface area contributed by atoms with Crippen LogP contribution in [-0.2, 0) is 19.2 Å². The molecule has 6 atom stereocenters. The van der Waals surface area contributed by atoms with Gasteiger partial charge in [0.25, 0.3) is 23.6 Å². The number of imide groups is 2. The fraction of sp³-hybridized carbons (Fsp3) is 0.455. The number of fused-ring (bicyclic) bond motifs is 4. The highest BCUT2D eigenvalue weighted by molar-refractivity contribution is 14.1. The minimum absolute atomic E-state index is 0.101. The summed E-state index contributed by atoms with van der Waals surface area (Å²) in [4.78, 5) is 49.1. The smallest absolute Gasteiger partial charge is 0.257 e. The van der Waals surface area contributed by atoms with Gasteiger partial charge in [0.1, 0.15) is 0 Å². The third kappa shape index (κ3) is 2.71. The van der Waals surface area contributed by atoms with Gasteiger partial charge in [-0.15, -0.1) is 23.2 Å². The molecule has 2 N–H and O–H groups in total. The maximum Gasteiger partial charge on any atom is 0.257 e. The number of hydrogen-bond acceptors (Lipinski definition) is 7. The number of likely N-dealkylation sites (tertiary alicyclic amines) is 1. The topological polar surface area (TPSA) is 124 Å². The Balaban J connectivity index is 1.78. The number of carbonyl (C=O) groups is 4. The monoisotopic (exact) mass is 620 g/mol. The van der Waals surface area contributed by atoms with Crippen LogP contribution in [0.25, 0.3) is 0 Å². The molecule has 6 unspecified atom stereocenters. The molecule has 2 aliphatic carbocycles. The Morgan fingerprint density at radius 1 is 1.12 bits per heavy atom. The standard InChI is InChI=1S/C22H19Cl2IN2O7/c1-26-19(31)21(23)7-11-9(3-4-10-14(11)18(30)27(33)17(10)29)15(22(21,24)20(26)32)8-5-12(25)16(28)13(6-8)34-2/h3,5-6,10-11,14-15,28,33H,4,7H2,1-2H3. The lowest BCUT2D eigenvalue weighted by molar-refractivity contribution is -0.173. The van der Waals surface area contributed by atoms with E-state index in [2.05, 4.69) is 0 Å². The fourth-order valence-electron chi connectivity index (χ4n) is 6.02. The first kappa shape index (κ1) is 23.8. The van der Waals surface area contributed by atoms with E-state index in [1.165, 1.54) is 20.2 Å². The molecule has 9 nitrogen and oxygen atoms in total. The Morgan fingerprint density at radius 2 is 1.79 bits per heavy atom. The third-order valence-electron chi connectivity index (χ3n) is 7.60. The Bertz CT molecular complexity index is 1220. The maximum absolute atomic E-state index is 13.4. The number of amides is 4. The van der Waals surface area contributed by atoms with Crippen LogP contribution in [0.1, 0.15) is 24.3 Å². The van der Waals surface area contributed by atoms with Gasteiger partial charge in [0, 0.05) is 13.0 Å². The minimum Gasteiger partial charge on any atom is -0.504 e. The van der Waals surface area contributed by atoms with Crippen molar-refractivity contribution in [1.82, 2.24) is 9.96 Å². The number of carbonyl (C=O) groups excluding carboxylic acids is 4. The molecule has 1 saturated carbocycles. The van der Waals surface area contributed by atoms with E-state index in [9.17, 15) is 29.5 Å². The first-order valence-electron chi connectivity index (χ1n) is 10.4. The zero-order valence-corrected chi connectivity index (χ0v) is 21.6. The Labute approximate surface area is 217 Å². The van der Waals surface area contributed by atoms with Gasteiger partial charge in [0.2, 0.25) is 0 Å². The van der Waals surface area contributed by atoms with Crippen molar-refractivity contribution in [2.45, 2.75) is 28.5 Å². The summed E-state index contributed by atoms with van der Waals surface area (Å²) in [5.41, 5.74) is 1.05. The van der Waals surface area contributed by atoms with E-state index in [0.717, 1.165) is 4.90 Å². The number of benzene rings is 1. The van der Waals surface area contributed by atoms with Crippen molar-refractivity contribution in [3.05, 3.63) is 32.9 Å². The Morgan fingerprint density at radius 3 is 2.44 bits per heavy atom. The molecule has 0 aromatic heterocycles. The van der Waals surface area contributed by atoms with E-state index in [-0.39, 0.29) is 29.4 Å². The highest BCUT2D eigenvalue weighted by Crippen LogP contribution is 2.65. The SMILES string of the molecule is COc1cc(C2C3=CCC4C(=O)N(O)C(=O)C4C3CC3(Cl)C(=O)N(C)C(=O)C23Cl)cc(I)c1O. The van der Waals surface area contributed by atoms with Crippen LogP contribution in [0, 0.1) is 21.3 Å². The molecule has 3 fully saturated rings. The predicted molar refractivity (Wildman–Crippen MR) is 126 cm³/mol. The highest BCUT2D eigenvalue weighted by atomic mass is 127. The number of ether oxygens (including phenoxy) is 1. The summed E-state index contributed by atoms with van der Waals surface area (Å²) in [6, 6.07) is 3.14. The highest BCUT2D eigenvalue weighted by Gasteiger charge is 2.75. The largest absolute Gasteiger partial charge is 0.504 e. The van der Waals surface area contributed by atoms with Gasteiger partial charge in [-0.1, -0.05) is 11.6 Å². The van der Waals surface area contributed by atoms with Crippen LogP contribution >= 0.6 is 45.8 Å². The summed E-state index contributed by atoms with van der Waals surface area (Å²) in [6.45, 7) is 0. The van der Waals surface area contributed by atoms with E-state index in [0.29, 0.717) is 14.7 Å². The summed E-state index contributed by atoms with van der Waals surface area (Å²) in [5, 5.41) is 20.5. The first-order chi connectivity index (χ1) is 15.9. The van der Waals surface area contributed by atoms with Crippen molar-refractivity contribution >= 4 is 69.4 Å². The molecule has 180 valence electrons. The molecule has 2 aliphatic heterocycles.